The van der Waals surface area contributed by atoms with E-state index in [0.29, 0.717) is 5.71 Å². The van der Waals surface area contributed by atoms with Crippen LogP contribution in [0.3, 0.4) is 0 Å². The Balaban J connectivity index is 2.76. The fraction of sp³-hybridized carbons (Fsp3) is 0.500. The van der Waals surface area contributed by atoms with Crippen LogP contribution in [0.25, 0.3) is 0 Å². The molecular weight excluding hydrogens is 116 g/mol. The zero-order valence-electron chi connectivity index (χ0n) is 5.46. The minimum atomic E-state index is 0.0139. The Morgan fingerprint density at radius 2 is 2.44 bits per heavy atom. The number of rotatable bonds is 1. The van der Waals surface area contributed by atoms with Crippen LogP contribution in [0.4, 0.5) is 0 Å². The van der Waals surface area contributed by atoms with Crippen molar-refractivity contribution in [3.05, 3.63) is 0 Å². The highest BCUT2D eigenvalue weighted by atomic mass is 16.1. The van der Waals surface area contributed by atoms with Crippen LogP contribution in [0, 0.1) is 5.92 Å². The molecule has 0 aromatic rings. The van der Waals surface area contributed by atoms with Gasteiger partial charge in [0.25, 0.3) is 0 Å². The summed E-state index contributed by atoms with van der Waals surface area (Å²) in [6, 6.07) is 0. The van der Waals surface area contributed by atoms with Crippen LogP contribution in [-0.4, -0.2) is 17.7 Å². The van der Waals surface area contributed by atoms with Crippen molar-refractivity contribution >= 4 is 17.7 Å². The SMILES string of the molecule is CC(=O)C1=NN=CC1C. The van der Waals surface area contributed by atoms with Crippen molar-refractivity contribution in [1.29, 1.82) is 0 Å². The first kappa shape index (κ1) is 6.13. The molecule has 1 rings (SSSR count). The molecule has 48 valence electrons. The second-order valence-corrected chi connectivity index (χ2v) is 2.09. The predicted octanol–water partition coefficient (Wildman–Crippen LogP) is 0.652. The van der Waals surface area contributed by atoms with Crippen LogP contribution in [0.15, 0.2) is 10.2 Å². The summed E-state index contributed by atoms with van der Waals surface area (Å²) in [7, 11) is 0. The van der Waals surface area contributed by atoms with Gasteiger partial charge < -0.3 is 0 Å². The van der Waals surface area contributed by atoms with E-state index in [9.17, 15) is 4.79 Å². The number of hydrogen-bond donors (Lipinski definition) is 0. The van der Waals surface area contributed by atoms with Gasteiger partial charge in [-0.3, -0.25) is 4.79 Å². The van der Waals surface area contributed by atoms with E-state index in [1.54, 1.807) is 6.21 Å². The maximum atomic E-state index is 10.6. The second-order valence-electron chi connectivity index (χ2n) is 2.09. The molecule has 0 bridgehead atoms. The molecule has 0 fully saturated rings. The zero-order valence-corrected chi connectivity index (χ0v) is 5.46. The Labute approximate surface area is 53.5 Å². The van der Waals surface area contributed by atoms with Crippen molar-refractivity contribution in [2.75, 3.05) is 0 Å². The summed E-state index contributed by atoms with van der Waals surface area (Å²) in [5, 5.41) is 7.26. The Morgan fingerprint density at radius 3 is 2.67 bits per heavy atom. The molecule has 3 heteroatoms. The van der Waals surface area contributed by atoms with Crippen LogP contribution in [0.2, 0.25) is 0 Å². The van der Waals surface area contributed by atoms with Crippen molar-refractivity contribution in [3.8, 4) is 0 Å². The maximum Gasteiger partial charge on any atom is 0.176 e. The predicted molar refractivity (Wildman–Crippen MR) is 35.8 cm³/mol. The molecular formula is C6H8N2O. The first-order valence-corrected chi connectivity index (χ1v) is 2.84. The van der Waals surface area contributed by atoms with E-state index in [1.165, 1.54) is 6.92 Å². The lowest BCUT2D eigenvalue weighted by molar-refractivity contribution is -0.111. The van der Waals surface area contributed by atoms with Gasteiger partial charge in [-0.25, -0.2) is 0 Å². The normalized spacial score (nSPS) is 24.2. The lowest BCUT2D eigenvalue weighted by Gasteiger charge is -1.95. The number of nitrogens with zero attached hydrogens (tertiary/aromatic N) is 2. The van der Waals surface area contributed by atoms with Crippen LogP contribution in [0.5, 0.6) is 0 Å². The summed E-state index contributed by atoms with van der Waals surface area (Å²) in [5.41, 5.74) is 0.565. The highest BCUT2D eigenvalue weighted by molar-refractivity contribution is 6.42. The number of carbonyl (C=O) groups excluding carboxylic acids is 1. The molecule has 0 N–H and O–H groups in total. The largest absolute Gasteiger partial charge is 0.293 e. The molecule has 1 aliphatic rings. The van der Waals surface area contributed by atoms with E-state index in [1.807, 2.05) is 6.92 Å². The Kier molecular flexibility index (Phi) is 1.42. The monoisotopic (exact) mass is 124 g/mol. The van der Waals surface area contributed by atoms with Gasteiger partial charge in [-0.1, -0.05) is 6.92 Å². The fourth-order valence-corrected chi connectivity index (χ4v) is 0.748. The summed E-state index contributed by atoms with van der Waals surface area (Å²) in [6.07, 6.45) is 1.66. The number of carbonyl (C=O) groups is 1. The Bertz CT molecular complexity index is 193. The summed E-state index contributed by atoms with van der Waals surface area (Å²) >= 11 is 0. The van der Waals surface area contributed by atoms with Gasteiger partial charge in [-0.15, -0.1) is 0 Å². The standard InChI is InChI=1S/C6H8N2O/c1-4-3-7-8-6(4)5(2)9/h3-4H,1-2H3. The molecule has 0 saturated heterocycles. The smallest absolute Gasteiger partial charge is 0.176 e. The van der Waals surface area contributed by atoms with Crippen LogP contribution in [-0.2, 0) is 4.79 Å². The van der Waals surface area contributed by atoms with E-state index in [2.05, 4.69) is 10.2 Å². The molecule has 0 aromatic heterocycles. The average Bonchev–Trinajstić information content (AvgIpc) is 2.13. The zero-order chi connectivity index (χ0) is 6.85. The summed E-state index contributed by atoms with van der Waals surface area (Å²) in [6.45, 7) is 3.40. The average molecular weight is 124 g/mol. The second kappa shape index (κ2) is 2.09. The minimum absolute atomic E-state index is 0.0139. The first-order valence-electron chi connectivity index (χ1n) is 2.84. The van der Waals surface area contributed by atoms with Gasteiger partial charge >= 0.3 is 0 Å². The van der Waals surface area contributed by atoms with Gasteiger partial charge in [0.2, 0.25) is 0 Å². The van der Waals surface area contributed by atoms with Gasteiger partial charge in [-0.05, 0) is 0 Å². The summed E-state index contributed by atoms with van der Waals surface area (Å²) < 4.78 is 0. The van der Waals surface area contributed by atoms with Crippen LogP contribution in [0.1, 0.15) is 13.8 Å². The molecule has 0 amide bonds. The molecule has 3 nitrogen and oxygen atoms in total. The molecule has 0 aromatic carbocycles. The number of Topliss-reactive ketones (excluding diaryl/α,β-unsaturated/α-hetero) is 1. The van der Waals surface area contributed by atoms with Crippen LogP contribution >= 0.6 is 0 Å². The number of hydrogen-bond acceptors (Lipinski definition) is 3. The maximum absolute atomic E-state index is 10.6. The molecule has 1 atom stereocenters. The van der Waals surface area contributed by atoms with Crippen molar-refractivity contribution < 1.29 is 4.79 Å². The highest BCUT2D eigenvalue weighted by Gasteiger charge is 2.16. The summed E-state index contributed by atoms with van der Waals surface area (Å²) in [4.78, 5) is 10.6. The third-order valence-corrected chi connectivity index (χ3v) is 1.25. The highest BCUT2D eigenvalue weighted by Crippen LogP contribution is 2.03. The van der Waals surface area contributed by atoms with E-state index in [0.717, 1.165) is 0 Å². The molecule has 0 aliphatic carbocycles. The van der Waals surface area contributed by atoms with Gasteiger partial charge in [-0.2, -0.15) is 10.2 Å². The van der Waals surface area contributed by atoms with Gasteiger partial charge in [0, 0.05) is 19.1 Å². The van der Waals surface area contributed by atoms with Crippen LogP contribution < -0.4 is 0 Å². The third-order valence-electron chi connectivity index (χ3n) is 1.25. The Morgan fingerprint density at radius 1 is 1.78 bits per heavy atom. The molecule has 1 unspecified atom stereocenters. The lowest BCUT2D eigenvalue weighted by atomic mass is 10.1. The Hall–Kier alpha value is -0.990. The summed E-state index contributed by atoms with van der Waals surface area (Å²) in [5.74, 6) is 0.127. The van der Waals surface area contributed by atoms with Gasteiger partial charge in [0.05, 0.1) is 0 Å². The first-order chi connectivity index (χ1) is 4.22. The number of ketones is 1. The van der Waals surface area contributed by atoms with Crippen molar-refractivity contribution in [1.82, 2.24) is 0 Å². The molecule has 0 spiro atoms. The molecule has 9 heavy (non-hydrogen) atoms. The minimum Gasteiger partial charge on any atom is -0.293 e. The molecule has 1 heterocycles. The van der Waals surface area contributed by atoms with Crippen molar-refractivity contribution in [2.45, 2.75) is 13.8 Å². The van der Waals surface area contributed by atoms with Gasteiger partial charge in [0.15, 0.2) is 5.78 Å². The van der Waals surface area contributed by atoms with E-state index >= 15 is 0 Å². The molecule has 0 radical (unpaired) electrons. The lowest BCUT2D eigenvalue weighted by Crippen LogP contribution is -2.16. The van der Waals surface area contributed by atoms with Gasteiger partial charge in [0.1, 0.15) is 5.71 Å². The third kappa shape index (κ3) is 1.04. The quantitative estimate of drug-likeness (QED) is 0.506. The van der Waals surface area contributed by atoms with E-state index in [4.69, 9.17) is 0 Å². The van der Waals surface area contributed by atoms with E-state index in [-0.39, 0.29) is 11.7 Å². The topological polar surface area (TPSA) is 41.8 Å². The van der Waals surface area contributed by atoms with Crippen molar-refractivity contribution in [2.24, 2.45) is 16.1 Å². The molecule has 0 saturated carbocycles. The van der Waals surface area contributed by atoms with Crippen molar-refractivity contribution in [3.63, 3.8) is 0 Å². The fourth-order valence-electron chi connectivity index (χ4n) is 0.748. The van der Waals surface area contributed by atoms with E-state index < -0.39 is 0 Å². The molecule has 1 aliphatic heterocycles.